The minimum absolute atomic E-state index is 0.167. The van der Waals surface area contributed by atoms with E-state index in [1.165, 1.54) is 11.1 Å². The Kier molecular flexibility index (Phi) is 4.49. The third-order valence-electron chi connectivity index (χ3n) is 5.94. The van der Waals surface area contributed by atoms with Gasteiger partial charge < -0.3 is 14.6 Å². The zero-order valence-electron chi connectivity index (χ0n) is 17.8. The summed E-state index contributed by atoms with van der Waals surface area (Å²) in [5, 5.41) is 14.6. The van der Waals surface area contributed by atoms with E-state index in [1.54, 1.807) is 7.11 Å². The van der Waals surface area contributed by atoms with Gasteiger partial charge in [-0.25, -0.2) is 0 Å². The average Bonchev–Trinajstić information content (AvgIpc) is 2.66. The molecule has 0 spiro atoms. The van der Waals surface area contributed by atoms with E-state index in [0.717, 1.165) is 34.4 Å². The molecular weight excluding hydrogens is 364 g/mol. The van der Waals surface area contributed by atoms with E-state index < -0.39 is 11.0 Å². The Balaban J connectivity index is 1.80. The molecule has 0 saturated heterocycles. The number of carbonyl (C=O) groups is 1. The summed E-state index contributed by atoms with van der Waals surface area (Å²) in [6.07, 6.45) is 2.24. The summed E-state index contributed by atoms with van der Waals surface area (Å²) in [5.41, 5.74) is 1.38. The number of hydrogen-bond donors (Lipinski definition) is 1. The maximum Gasteiger partial charge on any atom is 0.311 e. The van der Waals surface area contributed by atoms with Gasteiger partial charge in [-0.2, -0.15) is 0 Å². The number of aromatic hydroxyl groups is 1. The van der Waals surface area contributed by atoms with Crippen LogP contribution in [0, 0.1) is 5.41 Å². The SMILES string of the molecule is COc1cccc2cc3c4c(ccc3c(O)c12)CC(C)(OC(=O)C(C)(C)C)CC4. The third-order valence-corrected chi connectivity index (χ3v) is 5.94. The summed E-state index contributed by atoms with van der Waals surface area (Å²) < 4.78 is 11.4. The number of methoxy groups -OCH3 is 1. The average molecular weight is 392 g/mol. The highest BCUT2D eigenvalue weighted by atomic mass is 16.6. The van der Waals surface area contributed by atoms with Crippen LogP contribution in [-0.2, 0) is 22.4 Å². The molecule has 0 bridgehead atoms. The minimum atomic E-state index is -0.517. The molecule has 29 heavy (non-hydrogen) atoms. The molecule has 0 aromatic heterocycles. The Morgan fingerprint density at radius 1 is 1.14 bits per heavy atom. The lowest BCUT2D eigenvalue weighted by Crippen LogP contribution is -2.41. The summed E-state index contributed by atoms with van der Waals surface area (Å²) in [6.45, 7) is 7.66. The Hall–Kier alpha value is -2.75. The molecule has 0 radical (unpaired) electrons. The number of rotatable bonds is 2. The van der Waals surface area contributed by atoms with Crippen LogP contribution in [0.4, 0.5) is 0 Å². The van der Waals surface area contributed by atoms with Gasteiger partial charge in [0.25, 0.3) is 0 Å². The monoisotopic (exact) mass is 392 g/mol. The first-order valence-electron chi connectivity index (χ1n) is 10.1. The van der Waals surface area contributed by atoms with Gasteiger partial charge in [0, 0.05) is 11.8 Å². The van der Waals surface area contributed by atoms with Gasteiger partial charge in [-0.1, -0.05) is 24.3 Å². The summed E-state index contributed by atoms with van der Waals surface area (Å²) in [5.74, 6) is 0.756. The first-order chi connectivity index (χ1) is 13.6. The predicted molar refractivity (Wildman–Crippen MR) is 116 cm³/mol. The first kappa shape index (κ1) is 19.6. The van der Waals surface area contributed by atoms with E-state index in [0.29, 0.717) is 12.2 Å². The zero-order chi connectivity index (χ0) is 21.0. The number of esters is 1. The second kappa shape index (κ2) is 6.65. The number of carbonyl (C=O) groups excluding carboxylic acids is 1. The number of phenols is 1. The van der Waals surface area contributed by atoms with Crippen LogP contribution in [0.2, 0.25) is 0 Å². The van der Waals surface area contributed by atoms with Crippen molar-refractivity contribution in [3.63, 3.8) is 0 Å². The van der Waals surface area contributed by atoms with Gasteiger partial charge in [-0.05, 0) is 74.6 Å². The highest BCUT2D eigenvalue weighted by Gasteiger charge is 2.37. The van der Waals surface area contributed by atoms with E-state index in [4.69, 9.17) is 9.47 Å². The van der Waals surface area contributed by atoms with Crippen LogP contribution in [0.5, 0.6) is 11.5 Å². The van der Waals surface area contributed by atoms with Crippen molar-refractivity contribution in [2.45, 2.75) is 52.6 Å². The van der Waals surface area contributed by atoms with Gasteiger partial charge >= 0.3 is 5.97 Å². The molecule has 1 atom stereocenters. The van der Waals surface area contributed by atoms with Gasteiger partial charge in [-0.15, -0.1) is 0 Å². The number of ether oxygens (including phenoxy) is 2. The van der Waals surface area contributed by atoms with Crippen LogP contribution in [0.3, 0.4) is 0 Å². The van der Waals surface area contributed by atoms with E-state index in [9.17, 15) is 9.90 Å². The molecule has 0 amide bonds. The van der Waals surface area contributed by atoms with E-state index >= 15 is 0 Å². The molecule has 1 unspecified atom stereocenters. The molecule has 0 aliphatic heterocycles. The van der Waals surface area contributed by atoms with Crippen molar-refractivity contribution >= 4 is 27.5 Å². The highest BCUT2D eigenvalue weighted by molar-refractivity contribution is 6.08. The Morgan fingerprint density at radius 2 is 1.90 bits per heavy atom. The maximum absolute atomic E-state index is 12.4. The van der Waals surface area contributed by atoms with Crippen molar-refractivity contribution in [1.82, 2.24) is 0 Å². The van der Waals surface area contributed by atoms with Crippen molar-refractivity contribution in [1.29, 1.82) is 0 Å². The van der Waals surface area contributed by atoms with Crippen LogP contribution in [0.1, 0.15) is 45.2 Å². The van der Waals surface area contributed by atoms with Gasteiger partial charge in [-0.3, -0.25) is 4.79 Å². The number of phenolic OH excluding ortho intramolecular Hbond substituents is 1. The van der Waals surface area contributed by atoms with E-state index in [1.807, 2.05) is 52.0 Å². The van der Waals surface area contributed by atoms with Crippen molar-refractivity contribution < 1.29 is 19.4 Å². The van der Waals surface area contributed by atoms with E-state index in [-0.39, 0.29) is 11.7 Å². The van der Waals surface area contributed by atoms with Crippen LogP contribution in [-0.4, -0.2) is 23.8 Å². The van der Waals surface area contributed by atoms with Crippen LogP contribution >= 0.6 is 0 Å². The smallest absolute Gasteiger partial charge is 0.311 e. The molecule has 1 N–H and O–H groups in total. The van der Waals surface area contributed by atoms with Gasteiger partial charge in [0.15, 0.2) is 0 Å². The zero-order valence-corrected chi connectivity index (χ0v) is 17.8. The van der Waals surface area contributed by atoms with Crippen molar-refractivity contribution in [3.05, 3.63) is 47.5 Å². The van der Waals surface area contributed by atoms with Crippen LogP contribution < -0.4 is 4.74 Å². The Labute approximate surface area is 171 Å². The maximum atomic E-state index is 12.4. The molecule has 4 rings (SSSR count). The molecule has 152 valence electrons. The highest BCUT2D eigenvalue weighted by Crippen LogP contribution is 2.43. The second-order valence-electron chi connectivity index (χ2n) is 9.35. The first-order valence-corrected chi connectivity index (χ1v) is 10.1. The molecule has 3 aromatic rings. The number of fused-ring (bicyclic) bond motifs is 4. The largest absolute Gasteiger partial charge is 0.507 e. The minimum Gasteiger partial charge on any atom is -0.507 e. The molecule has 1 aliphatic rings. The number of aryl methyl sites for hydroxylation is 1. The fourth-order valence-corrected chi connectivity index (χ4v) is 4.27. The van der Waals surface area contributed by atoms with Gasteiger partial charge in [0.1, 0.15) is 17.1 Å². The lowest BCUT2D eigenvalue weighted by atomic mass is 9.79. The normalized spacial score (nSPS) is 19.2. The van der Waals surface area contributed by atoms with Crippen LogP contribution in [0.15, 0.2) is 36.4 Å². The lowest BCUT2D eigenvalue weighted by molar-refractivity contribution is -0.169. The predicted octanol–water partition coefficient (Wildman–Crippen LogP) is 5.54. The summed E-state index contributed by atoms with van der Waals surface area (Å²) in [7, 11) is 1.62. The fourth-order valence-electron chi connectivity index (χ4n) is 4.27. The van der Waals surface area contributed by atoms with Crippen molar-refractivity contribution in [3.8, 4) is 11.5 Å². The molecule has 1 aliphatic carbocycles. The van der Waals surface area contributed by atoms with Crippen LogP contribution in [0.25, 0.3) is 21.5 Å². The molecule has 0 saturated carbocycles. The molecule has 4 nitrogen and oxygen atoms in total. The third kappa shape index (κ3) is 3.31. The molecule has 4 heteroatoms. The number of benzene rings is 3. The van der Waals surface area contributed by atoms with Crippen molar-refractivity contribution in [2.75, 3.05) is 7.11 Å². The Morgan fingerprint density at radius 3 is 2.59 bits per heavy atom. The summed E-state index contributed by atoms with van der Waals surface area (Å²) in [4.78, 5) is 12.4. The quantitative estimate of drug-likeness (QED) is 0.459. The Bertz CT molecular complexity index is 1120. The summed E-state index contributed by atoms with van der Waals surface area (Å²) in [6, 6.07) is 11.9. The molecular formula is C25H28O4. The second-order valence-corrected chi connectivity index (χ2v) is 9.35. The van der Waals surface area contributed by atoms with Gasteiger partial charge in [0.05, 0.1) is 17.9 Å². The fraction of sp³-hybridized carbons (Fsp3) is 0.400. The summed E-state index contributed by atoms with van der Waals surface area (Å²) >= 11 is 0. The molecule has 3 aromatic carbocycles. The topological polar surface area (TPSA) is 55.8 Å². The van der Waals surface area contributed by atoms with Gasteiger partial charge in [0.2, 0.25) is 0 Å². The van der Waals surface area contributed by atoms with E-state index in [2.05, 4.69) is 12.1 Å². The standard InChI is InChI=1S/C25H28O4/c1-24(2,3)23(27)29-25(4)12-11-17-16(14-25)9-10-18-19(17)13-15-7-6-8-20(28-5)21(15)22(18)26/h6-10,13,26H,11-12,14H2,1-5H3. The number of hydrogen-bond acceptors (Lipinski definition) is 4. The van der Waals surface area contributed by atoms with Crippen molar-refractivity contribution in [2.24, 2.45) is 5.41 Å². The molecule has 0 fully saturated rings. The molecule has 0 heterocycles. The lowest BCUT2D eigenvalue weighted by Gasteiger charge is -2.37.